The predicted octanol–water partition coefficient (Wildman–Crippen LogP) is 3.54. The van der Waals surface area contributed by atoms with Gasteiger partial charge in [-0.2, -0.15) is 4.90 Å². The third kappa shape index (κ3) is 3.18. The molecule has 0 fully saturated rings. The quantitative estimate of drug-likeness (QED) is 0.595. The van der Waals surface area contributed by atoms with Gasteiger partial charge in [-0.15, -0.1) is 26.3 Å². The Hall–Kier alpha value is -1.60. The number of hydrogen-bond acceptors (Lipinski definition) is 2. The van der Waals surface area contributed by atoms with E-state index in [1.807, 2.05) is 0 Å². The van der Waals surface area contributed by atoms with E-state index in [0.29, 0.717) is 12.1 Å². The highest BCUT2D eigenvalue weighted by atomic mass is 19.4. The molecule has 0 aliphatic rings. The van der Waals surface area contributed by atoms with Gasteiger partial charge < -0.3 is 4.74 Å². The monoisotopic (exact) mass is 259 g/mol. The number of methoxy groups -OCH3 is 1. The molecule has 0 radical (unpaired) electrons. The number of alkyl halides is 6. The molecule has 0 heterocycles. The van der Waals surface area contributed by atoms with Crippen LogP contribution >= 0.6 is 0 Å². The van der Waals surface area contributed by atoms with Crippen LogP contribution in [0.5, 0.6) is 5.75 Å². The molecule has 0 saturated heterocycles. The van der Waals surface area contributed by atoms with Crippen molar-refractivity contribution in [2.24, 2.45) is 0 Å². The number of hydrogen-bond donors (Lipinski definition) is 0. The minimum Gasteiger partial charge on any atom is -0.497 e. The van der Waals surface area contributed by atoms with Crippen molar-refractivity contribution < 1.29 is 31.1 Å². The van der Waals surface area contributed by atoms with Gasteiger partial charge in [0.15, 0.2) is 0 Å². The smallest absolute Gasteiger partial charge is 0.491 e. The maximum Gasteiger partial charge on any atom is 0.491 e. The number of ether oxygens (including phenoxy) is 1. The first kappa shape index (κ1) is 13.5. The number of benzene rings is 1. The van der Waals surface area contributed by atoms with Gasteiger partial charge in [0.1, 0.15) is 5.75 Å². The van der Waals surface area contributed by atoms with E-state index in [-0.39, 0.29) is 5.75 Å². The lowest BCUT2D eigenvalue weighted by atomic mass is 10.3. The van der Waals surface area contributed by atoms with Crippen LogP contribution in [0.4, 0.5) is 32.0 Å². The van der Waals surface area contributed by atoms with Crippen LogP contribution in [0.3, 0.4) is 0 Å². The standard InChI is InChI=1S/C9H7F6NO/c1-17-7-4-2-6(3-5-7)16(8(10,11)12)9(13,14)15/h2-5H,1H3. The second kappa shape index (κ2) is 4.34. The summed E-state index contributed by atoms with van der Waals surface area (Å²) in [6.07, 6.45) is -11.1. The van der Waals surface area contributed by atoms with Crippen molar-refractivity contribution in [2.75, 3.05) is 12.0 Å². The van der Waals surface area contributed by atoms with Crippen molar-refractivity contribution in [3.63, 3.8) is 0 Å². The van der Waals surface area contributed by atoms with Crippen LogP contribution in [-0.2, 0) is 0 Å². The molecular formula is C9H7F6NO. The van der Waals surface area contributed by atoms with E-state index in [2.05, 4.69) is 4.74 Å². The highest BCUT2D eigenvalue weighted by molar-refractivity contribution is 5.50. The fourth-order valence-corrected chi connectivity index (χ4v) is 1.17. The maximum absolute atomic E-state index is 12.3. The average Bonchev–Trinajstić information content (AvgIpc) is 2.14. The average molecular weight is 259 g/mol. The first-order chi connectivity index (χ1) is 7.66. The summed E-state index contributed by atoms with van der Waals surface area (Å²) in [5, 5.41) is 0. The lowest BCUT2D eigenvalue weighted by molar-refractivity contribution is -0.226. The summed E-state index contributed by atoms with van der Waals surface area (Å²) in [6, 6.07) is 3.39. The number of nitrogens with zero attached hydrogens (tertiary/aromatic N) is 1. The van der Waals surface area contributed by atoms with Crippen LogP contribution in [0.15, 0.2) is 24.3 Å². The van der Waals surface area contributed by atoms with Crippen molar-refractivity contribution in [3.8, 4) is 5.75 Å². The van der Waals surface area contributed by atoms with Gasteiger partial charge in [0.05, 0.1) is 12.8 Å². The lowest BCUT2D eigenvalue weighted by Gasteiger charge is -2.28. The summed E-state index contributed by atoms with van der Waals surface area (Å²) in [6.45, 7) is 0. The van der Waals surface area contributed by atoms with Crippen molar-refractivity contribution in [2.45, 2.75) is 12.6 Å². The van der Waals surface area contributed by atoms with E-state index in [4.69, 9.17) is 0 Å². The van der Waals surface area contributed by atoms with Crippen LogP contribution in [0.1, 0.15) is 0 Å². The third-order valence-corrected chi connectivity index (χ3v) is 1.84. The lowest BCUT2D eigenvalue weighted by Crippen LogP contribution is -2.48. The maximum atomic E-state index is 12.3. The van der Waals surface area contributed by atoms with E-state index < -0.39 is 23.2 Å². The molecule has 0 aromatic heterocycles. The summed E-state index contributed by atoms with van der Waals surface area (Å²) in [7, 11) is 1.25. The second-order valence-electron chi connectivity index (χ2n) is 2.97. The van der Waals surface area contributed by atoms with Crippen molar-refractivity contribution in [1.82, 2.24) is 0 Å². The molecule has 0 aliphatic carbocycles. The number of rotatable bonds is 2. The van der Waals surface area contributed by atoms with Crippen molar-refractivity contribution >= 4 is 5.69 Å². The highest BCUT2D eigenvalue weighted by Gasteiger charge is 2.53. The zero-order chi connectivity index (χ0) is 13.3. The molecule has 1 aromatic rings. The van der Waals surface area contributed by atoms with Gasteiger partial charge in [-0.25, -0.2) is 0 Å². The second-order valence-corrected chi connectivity index (χ2v) is 2.97. The van der Waals surface area contributed by atoms with Gasteiger partial charge in [-0.3, -0.25) is 0 Å². The van der Waals surface area contributed by atoms with Crippen LogP contribution in [0.25, 0.3) is 0 Å². The molecule has 0 N–H and O–H groups in total. The first-order valence-electron chi connectivity index (χ1n) is 4.24. The minimum absolute atomic E-state index is 0.165. The minimum atomic E-state index is -5.53. The Morgan fingerprint density at radius 1 is 0.882 bits per heavy atom. The van der Waals surface area contributed by atoms with E-state index >= 15 is 0 Å². The molecule has 1 aromatic carbocycles. The summed E-state index contributed by atoms with van der Waals surface area (Å²) in [5.41, 5.74) is -1.02. The Labute approximate surface area is 92.4 Å². The third-order valence-electron chi connectivity index (χ3n) is 1.84. The Kier molecular flexibility index (Phi) is 3.44. The molecule has 0 unspecified atom stereocenters. The van der Waals surface area contributed by atoms with Crippen LogP contribution < -0.4 is 9.64 Å². The molecule has 0 spiro atoms. The molecule has 8 heteroatoms. The molecule has 0 bridgehead atoms. The molecule has 0 aliphatic heterocycles. The van der Waals surface area contributed by atoms with E-state index in [1.54, 1.807) is 0 Å². The molecule has 0 saturated carbocycles. The van der Waals surface area contributed by atoms with Crippen molar-refractivity contribution in [1.29, 1.82) is 0 Å². The van der Waals surface area contributed by atoms with Gasteiger partial charge in [0, 0.05) is 0 Å². The zero-order valence-corrected chi connectivity index (χ0v) is 8.43. The Morgan fingerprint density at radius 3 is 1.59 bits per heavy atom. The van der Waals surface area contributed by atoms with Crippen LogP contribution in [-0.4, -0.2) is 19.7 Å². The van der Waals surface area contributed by atoms with Gasteiger partial charge in [0.2, 0.25) is 0 Å². The van der Waals surface area contributed by atoms with Gasteiger partial charge in [0.25, 0.3) is 0 Å². The van der Waals surface area contributed by atoms with Crippen molar-refractivity contribution in [3.05, 3.63) is 24.3 Å². The molecule has 2 nitrogen and oxygen atoms in total. The summed E-state index contributed by atoms with van der Waals surface area (Å²) >= 11 is 0. The molecule has 0 atom stereocenters. The van der Waals surface area contributed by atoms with E-state index in [1.165, 1.54) is 7.11 Å². The van der Waals surface area contributed by atoms with Gasteiger partial charge in [-0.1, -0.05) is 0 Å². The fourth-order valence-electron chi connectivity index (χ4n) is 1.17. The Morgan fingerprint density at radius 2 is 1.29 bits per heavy atom. The zero-order valence-electron chi connectivity index (χ0n) is 8.43. The predicted molar refractivity (Wildman–Crippen MR) is 47.6 cm³/mol. The largest absolute Gasteiger partial charge is 0.497 e. The topological polar surface area (TPSA) is 12.5 Å². The Bertz CT molecular complexity index is 355. The molecule has 96 valence electrons. The number of halogens is 6. The SMILES string of the molecule is COc1ccc(N(C(F)(F)F)C(F)(F)F)cc1. The summed E-state index contributed by atoms with van der Waals surface area (Å²) < 4.78 is 78.2. The Balaban J connectivity index is 3.14. The molecule has 0 amide bonds. The van der Waals surface area contributed by atoms with Crippen LogP contribution in [0.2, 0.25) is 0 Å². The van der Waals surface area contributed by atoms with E-state index in [9.17, 15) is 26.3 Å². The molecule has 17 heavy (non-hydrogen) atoms. The normalized spacial score (nSPS) is 12.4. The van der Waals surface area contributed by atoms with Crippen LogP contribution in [0, 0.1) is 0 Å². The molecular weight excluding hydrogens is 252 g/mol. The number of anilines is 1. The first-order valence-corrected chi connectivity index (χ1v) is 4.24. The van der Waals surface area contributed by atoms with Gasteiger partial charge >= 0.3 is 12.6 Å². The fraction of sp³-hybridized carbons (Fsp3) is 0.333. The van der Waals surface area contributed by atoms with Gasteiger partial charge in [-0.05, 0) is 24.3 Å². The highest BCUT2D eigenvalue weighted by Crippen LogP contribution is 2.38. The summed E-state index contributed by atoms with van der Waals surface area (Å²) in [5.74, 6) is 0.165. The molecule has 1 rings (SSSR count). The van der Waals surface area contributed by atoms with E-state index in [0.717, 1.165) is 12.1 Å². The summed E-state index contributed by atoms with van der Waals surface area (Å²) in [4.78, 5) is -1.57.